The van der Waals surface area contributed by atoms with Gasteiger partial charge in [0.05, 0.1) is 0 Å². The van der Waals surface area contributed by atoms with Gasteiger partial charge in [0.2, 0.25) is 0 Å². The summed E-state index contributed by atoms with van der Waals surface area (Å²) in [5.74, 6) is 0. The van der Waals surface area contributed by atoms with Crippen molar-refractivity contribution in [3.63, 3.8) is 0 Å². The summed E-state index contributed by atoms with van der Waals surface area (Å²) in [6, 6.07) is 0. The maximum Gasteiger partial charge on any atom is 0.0282 e. The van der Waals surface area contributed by atoms with Gasteiger partial charge in [-0.2, -0.15) is 0 Å². The first-order valence-corrected chi connectivity index (χ1v) is 6.84. The molecule has 0 N–H and O–H groups in total. The average molecular weight is 400 g/mol. The first-order valence-electron chi connectivity index (χ1n) is 3.17. The molecule has 0 unspecified atom stereocenters. The lowest BCUT2D eigenvalue weighted by Gasteiger charge is -2.30. The van der Waals surface area contributed by atoms with E-state index in [1.165, 1.54) is 12.8 Å². The lowest BCUT2D eigenvalue weighted by molar-refractivity contribution is 0.575. The Morgan fingerprint density at radius 2 is 0.800 bits per heavy atom. The van der Waals surface area contributed by atoms with Crippen LogP contribution < -0.4 is 0 Å². The number of alkyl halides is 4. The Bertz CT molecular complexity index is 90.3. The number of hydrogen-bond donors (Lipinski definition) is 0. The summed E-state index contributed by atoms with van der Waals surface area (Å²) in [5.41, 5.74) is 0. The molecule has 0 saturated heterocycles. The fraction of sp³-hybridized carbons (Fsp3) is 1.00. The van der Waals surface area contributed by atoms with Crippen molar-refractivity contribution in [2.45, 2.75) is 32.2 Å². The minimum Gasteiger partial charge on any atom is -0.0878 e. The predicted molar refractivity (Wildman–Crippen MR) is 60.1 cm³/mol. The minimum absolute atomic E-state index is 0.616. The molecule has 60 valence electrons. The highest BCUT2D eigenvalue weighted by Gasteiger charge is 2.31. The third-order valence-electron chi connectivity index (χ3n) is 1.69. The van der Waals surface area contributed by atoms with Gasteiger partial charge in [0, 0.05) is 19.3 Å². The predicted octanol–water partition coefficient (Wildman–Crippen LogP) is 3.83. The fourth-order valence-electron chi connectivity index (χ4n) is 1.02. The van der Waals surface area contributed by atoms with Crippen molar-refractivity contribution in [3.8, 4) is 0 Å². The molecule has 1 saturated carbocycles. The third kappa shape index (κ3) is 2.46. The third-order valence-corrected chi connectivity index (χ3v) is 7.15. The average Bonchev–Trinajstić information content (AvgIpc) is 1.84. The normalized spacial score (nSPS) is 49.2. The van der Waals surface area contributed by atoms with Crippen molar-refractivity contribution in [3.05, 3.63) is 0 Å². The smallest absolute Gasteiger partial charge is 0.0282 e. The Hall–Kier alpha value is 1.92. The molecule has 0 aromatic carbocycles. The van der Waals surface area contributed by atoms with Crippen LogP contribution in [0, 0.1) is 0 Å². The van der Waals surface area contributed by atoms with Crippen molar-refractivity contribution < 1.29 is 0 Å². The van der Waals surface area contributed by atoms with Crippen molar-refractivity contribution >= 4 is 63.7 Å². The highest BCUT2D eigenvalue weighted by atomic mass is 79.9. The summed E-state index contributed by atoms with van der Waals surface area (Å²) < 4.78 is 0. The first kappa shape index (κ1) is 10.0. The molecular formula is C6H8Br4. The van der Waals surface area contributed by atoms with E-state index in [9.17, 15) is 0 Å². The molecule has 0 bridgehead atoms. The molecule has 1 fully saturated rings. The molecule has 1 aliphatic carbocycles. The molecule has 10 heavy (non-hydrogen) atoms. The van der Waals surface area contributed by atoms with Crippen molar-refractivity contribution in [2.75, 3.05) is 0 Å². The van der Waals surface area contributed by atoms with Crippen LogP contribution in [0.1, 0.15) is 12.8 Å². The lowest BCUT2D eigenvalue weighted by atomic mass is 10.0. The highest BCUT2D eigenvalue weighted by molar-refractivity contribution is 9.13. The quantitative estimate of drug-likeness (QED) is 0.543. The summed E-state index contributed by atoms with van der Waals surface area (Å²) >= 11 is 14.5. The van der Waals surface area contributed by atoms with Gasteiger partial charge in [0.25, 0.3) is 0 Å². The summed E-state index contributed by atoms with van der Waals surface area (Å²) in [4.78, 5) is 2.47. The van der Waals surface area contributed by atoms with Crippen molar-refractivity contribution in [1.82, 2.24) is 0 Å². The van der Waals surface area contributed by atoms with Gasteiger partial charge in [-0.05, 0) is 12.8 Å². The van der Waals surface area contributed by atoms with Crippen LogP contribution in [0.3, 0.4) is 0 Å². The largest absolute Gasteiger partial charge is 0.0878 e. The fourth-order valence-corrected chi connectivity index (χ4v) is 4.50. The maximum absolute atomic E-state index is 3.62. The van der Waals surface area contributed by atoms with Gasteiger partial charge in [0.15, 0.2) is 0 Å². The van der Waals surface area contributed by atoms with Crippen LogP contribution in [-0.2, 0) is 0 Å². The van der Waals surface area contributed by atoms with Gasteiger partial charge in [0.1, 0.15) is 0 Å². The maximum atomic E-state index is 3.62. The Morgan fingerprint density at radius 3 is 1.00 bits per heavy atom. The van der Waals surface area contributed by atoms with Gasteiger partial charge in [-0.1, -0.05) is 63.7 Å². The van der Waals surface area contributed by atoms with Crippen LogP contribution in [0.15, 0.2) is 0 Å². The topological polar surface area (TPSA) is 0 Å². The molecular weight excluding hydrogens is 392 g/mol. The second-order valence-corrected chi connectivity index (χ2v) is 7.24. The van der Waals surface area contributed by atoms with E-state index >= 15 is 0 Å². The molecule has 1 rings (SSSR count). The first-order chi connectivity index (χ1) is 4.61. The zero-order valence-electron chi connectivity index (χ0n) is 5.24. The molecule has 1 aliphatic rings. The van der Waals surface area contributed by atoms with E-state index in [1.807, 2.05) is 0 Å². The van der Waals surface area contributed by atoms with E-state index in [0.717, 1.165) is 0 Å². The van der Waals surface area contributed by atoms with Crippen LogP contribution in [0.4, 0.5) is 0 Å². The molecule has 0 aromatic heterocycles. The van der Waals surface area contributed by atoms with Crippen LogP contribution in [0.25, 0.3) is 0 Å². The van der Waals surface area contributed by atoms with Gasteiger partial charge in [-0.15, -0.1) is 0 Å². The molecule has 0 aliphatic heterocycles. The Labute approximate surface area is 95.0 Å². The van der Waals surface area contributed by atoms with Gasteiger partial charge in [-0.25, -0.2) is 0 Å². The lowest BCUT2D eigenvalue weighted by Crippen LogP contribution is -2.33. The molecule has 0 heterocycles. The summed E-state index contributed by atoms with van der Waals surface area (Å²) in [5, 5.41) is 0. The Morgan fingerprint density at radius 1 is 0.600 bits per heavy atom. The molecule has 0 radical (unpaired) electrons. The van der Waals surface area contributed by atoms with Gasteiger partial charge >= 0.3 is 0 Å². The molecule has 4 heteroatoms. The van der Waals surface area contributed by atoms with Gasteiger partial charge in [-0.3, -0.25) is 0 Å². The number of rotatable bonds is 0. The van der Waals surface area contributed by atoms with E-state index in [1.54, 1.807) is 0 Å². The monoisotopic (exact) mass is 396 g/mol. The summed E-state index contributed by atoms with van der Waals surface area (Å²) in [7, 11) is 0. The zero-order valence-corrected chi connectivity index (χ0v) is 11.6. The molecule has 0 spiro atoms. The molecule has 4 atom stereocenters. The summed E-state index contributed by atoms with van der Waals surface area (Å²) in [6.45, 7) is 0. The van der Waals surface area contributed by atoms with Crippen LogP contribution in [0.5, 0.6) is 0 Å². The van der Waals surface area contributed by atoms with Crippen LogP contribution in [0.2, 0.25) is 0 Å². The van der Waals surface area contributed by atoms with Crippen molar-refractivity contribution in [2.24, 2.45) is 0 Å². The standard InChI is InChI=1S/C6H8Br4/c7-3-1-4(8)6(10)2-5(3)9/h3-6H,1-2H2/t3-,4+,5-,6+. The summed E-state index contributed by atoms with van der Waals surface area (Å²) in [6.07, 6.45) is 2.37. The van der Waals surface area contributed by atoms with Crippen LogP contribution in [-0.4, -0.2) is 19.3 Å². The van der Waals surface area contributed by atoms with Gasteiger partial charge < -0.3 is 0 Å². The molecule has 0 amide bonds. The Kier molecular flexibility index (Phi) is 4.24. The van der Waals surface area contributed by atoms with E-state index in [-0.39, 0.29) is 0 Å². The van der Waals surface area contributed by atoms with E-state index in [0.29, 0.717) is 19.3 Å². The number of hydrogen-bond acceptors (Lipinski definition) is 0. The Balaban J connectivity index is 2.46. The van der Waals surface area contributed by atoms with Crippen LogP contribution >= 0.6 is 63.7 Å². The highest BCUT2D eigenvalue weighted by Crippen LogP contribution is 2.37. The van der Waals surface area contributed by atoms with E-state index in [2.05, 4.69) is 63.7 Å². The van der Waals surface area contributed by atoms with Crippen molar-refractivity contribution in [1.29, 1.82) is 0 Å². The van der Waals surface area contributed by atoms with E-state index in [4.69, 9.17) is 0 Å². The zero-order chi connectivity index (χ0) is 7.72. The second-order valence-electron chi connectivity index (χ2n) is 2.54. The minimum atomic E-state index is 0.616. The second kappa shape index (κ2) is 4.24. The van der Waals surface area contributed by atoms with E-state index < -0.39 is 0 Å². The molecule has 0 aromatic rings. The number of halogens is 4. The SMILES string of the molecule is Br[C@@H]1C[C@H](Br)[C@@H](Br)C[C@H]1Br. The molecule has 0 nitrogen and oxygen atoms in total.